The van der Waals surface area contributed by atoms with Crippen LogP contribution in [0.5, 0.6) is 0 Å². The number of guanidine groups is 1. The van der Waals surface area contributed by atoms with Crippen LogP contribution >= 0.6 is 11.3 Å². The third kappa shape index (κ3) is 6.04. The van der Waals surface area contributed by atoms with Gasteiger partial charge in [0.05, 0.1) is 6.61 Å². The summed E-state index contributed by atoms with van der Waals surface area (Å²) in [6.07, 6.45) is 1.04. The first kappa shape index (κ1) is 17.5. The standard InChI is InChI=1S/C18H25N3OS/c1-3-9-22-13-17-7-5-4-6-16(17)12-21-18(19-2)20-11-15-8-10-23-14-15/h4-8,10,14H,3,9,11-13H2,1-2H3,(H2,19,20,21). The number of aliphatic imine (C=N–C) groups is 1. The van der Waals surface area contributed by atoms with Crippen LogP contribution in [0.15, 0.2) is 46.1 Å². The molecule has 1 aromatic heterocycles. The molecule has 0 bridgehead atoms. The highest BCUT2D eigenvalue weighted by molar-refractivity contribution is 7.07. The first-order valence-corrected chi connectivity index (χ1v) is 8.88. The minimum Gasteiger partial charge on any atom is -0.377 e. The molecular formula is C18H25N3OS. The van der Waals surface area contributed by atoms with E-state index in [1.54, 1.807) is 18.4 Å². The number of nitrogens with one attached hydrogen (secondary N) is 2. The van der Waals surface area contributed by atoms with Crippen LogP contribution in [-0.2, 0) is 24.4 Å². The number of benzene rings is 1. The highest BCUT2D eigenvalue weighted by atomic mass is 32.1. The number of hydrogen-bond acceptors (Lipinski definition) is 3. The summed E-state index contributed by atoms with van der Waals surface area (Å²) < 4.78 is 5.67. The van der Waals surface area contributed by atoms with Gasteiger partial charge in [-0.3, -0.25) is 4.99 Å². The van der Waals surface area contributed by atoms with Crippen LogP contribution in [-0.4, -0.2) is 19.6 Å². The van der Waals surface area contributed by atoms with E-state index >= 15 is 0 Å². The highest BCUT2D eigenvalue weighted by Crippen LogP contribution is 2.10. The Morgan fingerprint density at radius 1 is 1.13 bits per heavy atom. The predicted octanol–water partition coefficient (Wildman–Crippen LogP) is 3.54. The Bertz CT molecular complexity index is 596. The molecule has 0 amide bonds. The van der Waals surface area contributed by atoms with E-state index in [1.807, 2.05) is 0 Å². The van der Waals surface area contributed by atoms with Gasteiger partial charge in [-0.05, 0) is 39.9 Å². The zero-order valence-electron chi connectivity index (χ0n) is 13.8. The maximum atomic E-state index is 5.67. The van der Waals surface area contributed by atoms with Crippen LogP contribution in [0.2, 0.25) is 0 Å². The van der Waals surface area contributed by atoms with Crippen LogP contribution in [0.1, 0.15) is 30.0 Å². The van der Waals surface area contributed by atoms with E-state index in [0.29, 0.717) is 6.61 Å². The predicted molar refractivity (Wildman–Crippen MR) is 97.7 cm³/mol. The van der Waals surface area contributed by atoms with Crippen molar-refractivity contribution in [3.05, 3.63) is 57.8 Å². The topological polar surface area (TPSA) is 45.6 Å². The molecule has 1 heterocycles. The third-order valence-corrected chi connectivity index (χ3v) is 4.17. The van der Waals surface area contributed by atoms with Gasteiger partial charge < -0.3 is 15.4 Å². The van der Waals surface area contributed by atoms with Crippen molar-refractivity contribution in [2.45, 2.75) is 33.0 Å². The largest absolute Gasteiger partial charge is 0.377 e. The molecule has 2 N–H and O–H groups in total. The van der Waals surface area contributed by atoms with Crippen molar-refractivity contribution in [3.8, 4) is 0 Å². The molecular weight excluding hydrogens is 306 g/mol. The Labute approximate surface area is 142 Å². The second kappa shape index (κ2) is 10.0. The second-order valence-electron chi connectivity index (χ2n) is 5.23. The summed E-state index contributed by atoms with van der Waals surface area (Å²) in [5.41, 5.74) is 3.73. The van der Waals surface area contributed by atoms with Crippen LogP contribution < -0.4 is 10.6 Å². The van der Waals surface area contributed by atoms with E-state index in [4.69, 9.17) is 4.74 Å². The van der Waals surface area contributed by atoms with Gasteiger partial charge in [0.15, 0.2) is 5.96 Å². The van der Waals surface area contributed by atoms with Crippen LogP contribution in [0.25, 0.3) is 0 Å². The molecule has 0 fully saturated rings. The van der Waals surface area contributed by atoms with E-state index in [0.717, 1.165) is 32.1 Å². The number of rotatable bonds is 8. The van der Waals surface area contributed by atoms with Crippen molar-refractivity contribution in [2.75, 3.05) is 13.7 Å². The van der Waals surface area contributed by atoms with Gasteiger partial charge in [0.2, 0.25) is 0 Å². The van der Waals surface area contributed by atoms with Gasteiger partial charge in [-0.1, -0.05) is 31.2 Å². The lowest BCUT2D eigenvalue weighted by atomic mass is 10.1. The normalized spacial score (nSPS) is 11.5. The molecule has 0 aliphatic rings. The van der Waals surface area contributed by atoms with Gasteiger partial charge in [-0.2, -0.15) is 11.3 Å². The molecule has 4 nitrogen and oxygen atoms in total. The lowest BCUT2D eigenvalue weighted by Crippen LogP contribution is -2.36. The molecule has 0 unspecified atom stereocenters. The summed E-state index contributed by atoms with van der Waals surface area (Å²) in [6, 6.07) is 10.5. The first-order chi connectivity index (χ1) is 11.3. The molecule has 0 saturated heterocycles. The van der Waals surface area contributed by atoms with Crippen molar-refractivity contribution in [1.82, 2.24) is 10.6 Å². The Morgan fingerprint density at radius 2 is 1.91 bits per heavy atom. The second-order valence-corrected chi connectivity index (χ2v) is 6.01. The average Bonchev–Trinajstić information content (AvgIpc) is 3.10. The van der Waals surface area contributed by atoms with Gasteiger partial charge >= 0.3 is 0 Å². The van der Waals surface area contributed by atoms with Gasteiger partial charge in [0, 0.05) is 26.7 Å². The molecule has 0 saturated carbocycles. The summed E-state index contributed by atoms with van der Waals surface area (Å²) in [5.74, 6) is 0.806. The lowest BCUT2D eigenvalue weighted by molar-refractivity contribution is 0.121. The van der Waals surface area contributed by atoms with E-state index in [1.165, 1.54) is 16.7 Å². The Hall–Kier alpha value is -1.85. The first-order valence-electron chi connectivity index (χ1n) is 7.93. The van der Waals surface area contributed by atoms with Crippen LogP contribution in [0.4, 0.5) is 0 Å². The van der Waals surface area contributed by atoms with E-state index in [2.05, 4.69) is 63.6 Å². The maximum Gasteiger partial charge on any atom is 0.191 e. The van der Waals surface area contributed by atoms with Crippen LogP contribution in [0, 0.1) is 0 Å². The summed E-state index contributed by atoms with van der Waals surface area (Å²) >= 11 is 1.71. The SMILES string of the molecule is CCCOCc1ccccc1CNC(=NC)NCc1ccsc1. The average molecular weight is 331 g/mol. The minimum absolute atomic E-state index is 0.659. The van der Waals surface area contributed by atoms with Gasteiger partial charge in [0.1, 0.15) is 0 Å². The maximum absolute atomic E-state index is 5.67. The summed E-state index contributed by atoms with van der Waals surface area (Å²) in [7, 11) is 1.79. The number of hydrogen-bond donors (Lipinski definition) is 2. The highest BCUT2D eigenvalue weighted by Gasteiger charge is 2.04. The van der Waals surface area contributed by atoms with Gasteiger partial charge in [-0.25, -0.2) is 0 Å². The van der Waals surface area contributed by atoms with E-state index < -0.39 is 0 Å². The molecule has 1 aromatic carbocycles. The molecule has 0 aliphatic heterocycles. The number of nitrogens with zero attached hydrogens (tertiary/aromatic N) is 1. The summed E-state index contributed by atoms with van der Waals surface area (Å²) in [6.45, 7) is 5.09. The molecule has 0 atom stereocenters. The fourth-order valence-corrected chi connectivity index (χ4v) is 2.84. The van der Waals surface area contributed by atoms with Crippen molar-refractivity contribution >= 4 is 17.3 Å². The zero-order valence-corrected chi connectivity index (χ0v) is 14.7. The molecule has 0 spiro atoms. The van der Waals surface area contributed by atoms with Gasteiger partial charge in [0.25, 0.3) is 0 Å². The summed E-state index contributed by atoms with van der Waals surface area (Å²) in [5, 5.41) is 10.9. The van der Waals surface area contributed by atoms with E-state index in [9.17, 15) is 0 Å². The Balaban J connectivity index is 1.85. The van der Waals surface area contributed by atoms with Gasteiger partial charge in [-0.15, -0.1) is 0 Å². The molecule has 0 aliphatic carbocycles. The zero-order chi connectivity index (χ0) is 16.3. The molecule has 0 radical (unpaired) electrons. The molecule has 2 aromatic rings. The number of ether oxygens (including phenoxy) is 1. The molecule has 5 heteroatoms. The minimum atomic E-state index is 0.659. The van der Waals surface area contributed by atoms with E-state index in [-0.39, 0.29) is 0 Å². The molecule has 23 heavy (non-hydrogen) atoms. The Morgan fingerprint density at radius 3 is 2.61 bits per heavy atom. The van der Waals surface area contributed by atoms with Crippen molar-refractivity contribution in [2.24, 2.45) is 4.99 Å². The summed E-state index contributed by atoms with van der Waals surface area (Å²) in [4.78, 5) is 4.27. The Kier molecular flexibility index (Phi) is 7.63. The lowest BCUT2D eigenvalue weighted by Gasteiger charge is -2.14. The molecule has 124 valence electrons. The quantitative estimate of drug-likeness (QED) is 0.442. The van der Waals surface area contributed by atoms with Crippen molar-refractivity contribution in [3.63, 3.8) is 0 Å². The van der Waals surface area contributed by atoms with Crippen LogP contribution in [0.3, 0.4) is 0 Å². The molecule has 2 rings (SSSR count). The number of thiophene rings is 1. The van der Waals surface area contributed by atoms with Crippen molar-refractivity contribution in [1.29, 1.82) is 0 Å². The fraction of sp³-hybridized carbons (Fsp3) is 0.389. The third-order valence-electron chi connectivity index (χ3n) is 3.43. The van der Waals surface area contributed by atoms with Crippen molar-refractivity contribution < 1.29 is 4.74 Å². The monoisotopic (exact) mass is 331 g/mol. The smallest absolute Gasteiger partial charge is 0.191 e. The fourth-order valence-electron chi connectivity index (χ4n) is 2.18.